The zero-order chi connectivity index (χ0) is 14.9. The molecule has 1 aromatic rings. The predicted molar refractivity (Wildman–Crippen MR) is 64.2 cm³/mol. The summed E-state index contributed by atoms with van der Waals surface area (Å²) in [6.07, 6.45) is 0. The molecule has 1 aliphatic rings. The number of benzene rings is 1. The van der Waals surface area contributed by atoms with Crippen LogP contribution in [0, 0.1) is 17.0 Å². The number of aliphatic carboxylic acids is 1. The first-order chi connectivity index (χ1) is 9.34. The first-order valence-corrected chi connectivity index (χ1v) is 5.91. The molecule has 1 saturated heterocycles. The molecule has 2 unspecified atom stereocenters. The summed E-state index contributed by atoms with van der Waals surface area (Å²) in [5.41, 5.74) is -1.61. The number of rotatable bonds is 3. The molecule has 1 amide bonds. The van der Waals surface area contributed by atoms with Crippen molar-refractivity contribution < 1.29 is 28.2 Å². The molecule has 0 bridgehead atoms. The molecule has 20 heavy (non-hydrogen) atoms. The normalized spacial score (nSPS) is 25.4. The number of nitrogens with one attached hydrogen (secondary N) is 1. The van der Waals surface area contributed by atoms with Gasteiger partial charge in [0.05, 0.1) is 24.8 Å². The number of amides is 1. The van der Waals surface area contributed by atoms with Crippen LogP contribution in [0.5, 0.6) is 0 Å². The number of carbonyl (C=O) groups excluding carboxylic acids is 1. The minimum atomic E-state index is -1.27. The molecule has 0 radical (unpaired) electrons. The molecule has 0 aliphatic carbocycles. The van der Waals surface area contributed by atoms with Crippen molar-refractivity contribution in [2.24, 2.45) is 5.41 Å². The van der Waals surface area contributed by atoms with E-state index in [0.717, 1.165) is 12.1 Å². The molecule has 2 N–H and O–H groups in total. The van der Waals surface area contributed by atoms with Gasteiger partial charge in [0.1, 0.15) is 17.0 Å². The minimum Gasteiger partial charge on any atom is -0.481 e. The van der Waals surface area contributed by atoms with Gasteiger partial charge < -0.3 is 15.2 Å². The van der Waals surface area contributed by atoms with Crippen molar-refractivity contribution in [2.45, 2.75) is 13.0 Å². The molecule has 0 aromatic heterocycles. The van der Waals surface area contributed by atoms with Gasteiger partial charge in [-0.05, 0) is 19.1 Å². The molecule has 0 saturated carbocycles. The third-order valence-corrected chi connectivity index (χ3v) is 3.43. The largest absolute Gasteiger partial charge is 0.481 e. The van der Waals surface area contributed by atoms with E-state index in [2.05, 4.69) is 5.32 Å². The van der Waals surface area contributed by atoms with Gasteiger partial charge in [0.15, 0.2) is 0 Å². The lowest BCUT2D eigenvalue weighted by Crippen LogP contribution is -2.49. The van der Waals surface area contributed by atoms with E-state index < -0.39 is 35.0 Å². The molecule has 0 spiro atoms. The Morgan fingerprint density at radius 2 is 2.15 bits per heavy atom. The lowest BCUT2D eigenvalue weighted by molar-refractivity contribution is -0.148. The zero-order valence-electron chi connectivity index (χ0n) is 10.7. The predicted octanol–water partition coefficient (Wildman–Crippen LogP) is 1.18. The van der Waals surface area contributed by atoms with E-state index in [9.17, 15) is 18.4 Å². The molecular weight excluding hydrogens is 272 g/mol. The van der Waals surface area contributed by atoms with Crippen molar-refractivity contribution in [3.05, 3.63) is 35.4 Å². The van der Waals surface area contributed by atoms with Crippen LogP contribution < -0.4 is 5.32 Å². The number of carboxylic acids is 1. The van der Waals surface area contributed by atoms with Crippen LogP contribution in [0.3, 0.4) is 0 Å². The van der Waals surface area contributed by atoms with Crippen molar-refractivity contribution in [1.82, 2.24) is 5.32 Å². The highest BCUT2D eigenvalue weighted by molar-refractivity contribution is 5.95. The number of ether oxygens (including phenoxy) is 1. The second kappa shape index (κ2) is 5.16. The van der Waals surface area contributed by atoms with E-state index in [-0.39, 0.29) is 18.8 Å². The summed E-state index contributed by atoms with van der Waals surface area (Å²) in [5.74, 6) is -3.71. The SMILES string of the molecule is CC1(C(=O)O)COCC1NC(=O)c1ccc(F)cc1F. The van der Waals surface area contributed by atoms with E-state index in [1.165, 1.54) is 6.92 Å². The topological polar surface area (TPSA) is 75.6 Å². The standard InChI is InChI=1S/C13H13F2NO4/c1-13(12(18)19)6-20-5-10(13)16-11(17)8-3-2-7(14)4-9(8)15/h2-4,10H,5-6H2,1H3,(H,16,17)(H,18,19). The Hall–Kier alpha value is -2.02. The first-order valence-electron chi connectivity index (χ1n) is 5.91. The molecule has 108 valence electrons. The third-order valence-electron chi connectivity index (χ3n) is 3.43. The quantitative estimate of drug-likeness (QED) is 0.874. The summed E-state index contributed by atoms with van der Waals surface area (Å²) >= 11 is 0. The van der Waals surface area contributed by atoms with Gasteiger partial charge in [-0.2, -0.15) is 0 Å². The van der Waals surface area contributed by atoms with Gasteiger partial charge in [0.2, 0.25) is 0 Å². The van der Waals surface area contributed by atoms with Crippen LogP contribution in [0.15, 0.2) is 18.2 Å². The molecule has 1 aliphatic heterocycles. The Morgan fingerprint density at radius 3 is 2.75 bits per heavy atom. The average Bonchev–Trinajstić information content (AvgIpc) is 2.72. The molecule has 2 rings (SSSR count). The fourth-order valence-electron chi connectivity index (χ4n) is 1.99. The van der Waals surface area contributed by atoms with Crippen molar-refractivity contribution >= 4 is 11.9 Å². The number of carboxylic acid groups (broad SMARTS) is 1. The van der Waals surface area contributed by atoms with Gasteiger partial charge in [0, 0.05) is 6.07 Å². The van der Waals surface area contributed by atoms with Crippen molar-refractivity contribution in [3.63, 3.8) is 0 Å². The molecule has 7 heteroatoms. The Bertz CT molecular complexity index is 563. The molecule has 5 nitrogen and oxygen atoms in total. The lowest BCUT2D eigenvalue weighted by Gasteiger charge is -2.25. The maximum Gasteiger partial charge on any atom is 0.313 e. The minimum absolute atomic E-state index is 0.0252. The molecule has 1 aromatic carbocycles. The summed E-state index contributed by atoms with van der Waals surface area (Å²) in [4.78, 5) is 23.1. The summed E-state index contributed by atoms with van der Waals surface area (Å²) in [6, 6.07) is 1.78. The highest BCUT2D eigenvalue weighted by atomic mass is 19.1. The number of hydrogen-bond acceptors (Lipinski definition) is 3. The van der Waals surface area contributed by atoms with E-state index in [1.807, 2.05) is 0 Å². The second-order valence-electron chi connectivity index (χ2n) is 4.89. The monoisotopic (exact) mass is 285 g/mol. The van der Waals surface area contributed by atoms with Crippen LogP contribution >= 0.6 is 0 Å². The second-order valence-corrected chi connectivity index (χ2v) is 4.89. The molecule has 1 heterocycles. The van der Waals surface area contributed by atoms with E-state index in [1.54, 1.807) is 0 Å². The maximum absolute atomic E-state index is 13.5. The summed E-state index contributed by atoms with van der Waals surface area (Å²) < 4.78 is 31.3. The van der Waals surface area contributed by atoms with E-state index in [0.29, 0.717) is 6.07 Å². The molecule has 2 atom stereocenters. The molecule has 1 fully saturated rings. The Labute approximate surface area is 113 Å². The number of halogens is 2. The van der Waals surface area contributed by atoms with Crippen LogP contribution in [0.2, 0.25) is 0 Å². The Balaban J connectivity index is 2.17. The van der Waals surface area contributed by atoms with Crippen LogP contribution in [-0.4, -0.2) is 36.2 Å². The summed E-state index contributed by atoms with van der Waals surface area (Å²) in [7, 11) is 0. The lowest BCUT2D eigenvalue weighted by atomic mass is 9.85. The van der Waals surface area contributed by atoms with Gasteiger partial charge >= 0.3 is 5.97 Å². The fraction of sp³-hybridized carbons (Fsp3) is 0.385. The van der Waals surface area contributed by atoms with Crippen molar-refractivity contribution in [2.75, 3.05) is 13.2 Å². The van der Waals surface area contributed by atoms with Gasteiger partial charge in [-0.25, -0.2) is 8.78 Å². The van der Waals surface area contributed by atoms with Crippen LogP contribution in [0.1, 0.15) is 17.3 Å². The van der Waals surface area contributed by atoms with Crippen LogP contribution in [0.4, 0.5) is 8.78 Å². The van der Waals surface area contributed by atoms with Crippen molar-refractivity contribution in [3.8, 4) is 0 Å². The summed E-state index contributed by atoms with van der Waals surface area (Å²) in [5, 5.41) is 11.6. The van der Waals surface area contributed by atoms with E-state index in [4.69, 9.17) is 9.84 Å². The van der Waals surface area contributed by atoms with Crippen LogP contribution in [-0.2, 0) is 9.53 Å². The van der Waals surface area contributed by atoms with E-state index >= 15 is 0 Å². The van der Waals surface area contributed by atoms with Gasteiger partial charge in [-0.15, -0.1) is 0 Å². The maximum atomic E-state index is 13.5. The van der Waals surface area contributed by atoms with Gasteiger partial charge in [-0.1, -0.05) is 0 Å². The average molecular weight is 285 g/mol. The fourth-order valence-corrected chi connectivity index (χ4v) is 1.99. The Kier molecular flexibility index (Phi) is 3.71. The van der Waals surface area contributed by atoms with Crippen LogP contribution in [0.25, 0.3) is 0 Å². The first kappa shape index (κ1) is 14.4. The highest BCUT2D eigenvalue weighted by Crippen LogP contribution is 2.29. The molecular formula is C13H13F2NO4. The number of carbonyl (C=O) groups is 2. The van der Waals surface area contributed by atoms with Gasteiger partial charge in [0.25, 0.3) is 5.91 Å². The summed E-state index contributed by atoms with van der Waals surface area (Å²) in [6.45, 7) is 1.42. The third kappa shape index (κ3) is 2.49. The smallest absolute Gasteiger partial charge is 0.313 e. The Morgan fingerprint density at radius 1 is 1.45 bits per heavy atom. The van der Waals surface area contributed by atoms with Crippen molar-refractivity contribution in [1.29, 1.82) is 0 Å². The zero-order valence-corrected chi connectivity index (χ0v) is 10.7. The van der Waals surface area contributed by atoms with Gasteiger partial charge in [-0.3, -0.25) is 9.59 Å². The highest BCUT2D eigenvalue weighted by Gasteiger charge is 2.47. The number of hydrogen-bond donors (Lipinski definition) is 2.